The largest absolute Gasteiger partial charge is 0.382 e. The topological polar surface area (TPSA) is 68.2 Å². The standard InChI is InChI=1S/C14H14FN5/c15-11-4-2-1-3-10(11)5-6-17-13-14-18-7-8-20(14)9-12(16)19-13/h1-4,7-9H,5-6,16H2,(H,17,19). The van der Waals surface area contributed by atoms with Crippen molar-refractivity contribution >= 4 is 17.3 Å². The number of nitrogen functional groups attached to an aromatic ring is 1. The van der Waals surface area contributed by atoms with Gasteiger partial charge < -0.3 is 15.5 Å². The zero-order valence-electron chi connectivity index (χ0n) is 10.8. The predicted octanol–water partition coefficient (Wildman–Crippen LogP) is 2.11. The first-order chi connectivity index (χ1) is 9.74. The SMILES string of the molecule is Nc1cn2ccnc2c(NCCc2ccccc2F)n1. The lowest BCUT2D eigenvalue weighted by Crippen LogP contribution is -2.10. The monoisotopic (exact) mass is 271 g/mol. The predicted molar refractivity (Wildman–Crippen MR) is 76.0 cm³/mol. The summed E-state index contributed by atoms with van der Waals surface area (Å²) < 4.78 is 15.3. The van der Waals surface area contributed by atoms with Crippen molar-refractivity contribution in [2.75, 3.05) is 17.6 Å². The van der Waals surface area contributed by atoms with Crippen LogP contribution in [0.4, 0.5) is 16.0 Å². The van der Waals surface area contributed by atoms with Gasteiger partial charge in [-0.25, -0.2) is 14.4 Å². The number of fused-ring (bicyclic) bond motifs is 1. The molecular formula is C14H14FN5. The first-order valence-electron chi connectivity index (χ1n) is 6.30. The van der Waals surface area contributed by atoms with Gasteiger partial charge in [-0.1, -0.05) is 18.2 Å². The Bertz CT molecular complexity index is 737. The Morgan fingerprint density at radius 2 is 2.15 bits per heavy atom. The molecule has 0 bridgehead atoms. The van der Waals surface area contributed by atoms with Crippen LogP contribution in [-0.4, -0.2) is 20.9 Å². The van der Waals surface area contributed by atoms with Gasteiger partial charge in [0.2, 0.25) is 0 Å². The second kappa shape index (κ2) is 5.16. The third-order valence-electron chi connectivity index (χ3n) is 3.04. The minimum atomic E-state index is -0.194. The molecule has 3 aromatic rings. The maximum absolute atomic E-state index is 13.5. The summed E-state index contributed by atoms with van der Waals surface area (Å²) in [4.78, 5) is 8.43. The fourth-order valence-corrected chi connectivity index (χ4v) is 2.09. The number of nitrogens with two attached hydrogens (primary N) is 1. The molecule has 3 rings (SSSR count). The number of benzene rings is 1. The van der Waals surface area contributed by atoms with E-state index >= 15 is 0 Å². The first kappa shape index (κ1) is 12.4. The lowest BCUT2D eigenvalue weighted by atomic mass is 10.1. The van der Waals surface area contributed by atoms with Gasteiger partial charge in [-0.2, -0.15) is 0 Å². The van der Waals surface area contributed by atoms with Gasteiger partial charge in [0, 0.05) is 18.9 Å². The average Bonchev–Trinajstić information content (AvgIpc) is 2.89. The molecule has 0 amide bonds. The molecule has 1 aromatic carbocycles. The highest BCUT2D eigenvalue weighted by Crippen LogP contribution is 2.15. The summed E-state index contributed by atoms with van der Waals surface area (Å²) >= 11 is 0. The molecule has 102 valence electrons. The van der Waals surface area contributed by atoms with Crippen molar-refractivity contribution < 1.29 is 4.39 Å². The van der Waals surface area contributed by atoms with Gasteiger partial charge in [-0.15, -0.1) is 0 Å². The van der Waals surface area contributed by atoms with Gasteiger partial charge in [0.25, 0.3) is 0 Å². The Balaban J connectivity index is 1.74. The molecule has 0 saturated carbocycles. The van der Waals surface area contributed by atoms with Crippen LogP contribution in [0.5, 0.6) is 0 Å². The summed E-state index contributed by atoms with van der Waals surface area (Å²) in [6, 6.07) is 6.74. The van der Waals surface area contributed by atoms with Crippen molar-refractivity contribution in [3.63, 3.8) is 0 Å². The van der Waals surface area contributed by atoms with E-state index in [1.807, 2.05) is 6.07 Å². The van der Waals surface area contributed by atoms with E-state index in [-0.39, 0.29) is 5.82 Å². The molecule has 0 aliphatic carbocycles. The van der Waals surface area contributed by atoms with Gasteiger partial charge in [0.1, 0.15) is 11.6 Å². The minimum Gasteiger partial charge on any atom is -0.382 e. The molecular weight excluding hydrogens is 257 g/mol. The summed E-state index contributed by atoms with van der Waals surface area (Å²) in [7, 11) is 0. The number of aromatic nitrogens is 3. The third kappa shape index (κ3) is 2.40. The Hall–Kier alpha value is -2.63. The highest BCUT2D eigenvalue weighted by atomic mass is 19.1. The molecule has 2 heterocycles. The third-order valence-corrected chi connectivity index (χ3v) is 3.04. The van der Waals surface area contributed by atoms with E-state index in [0.717, 1.165) is 0 Å². The van der Waals surface area contributed by atoms with Crippen LogP contribution in [0.1, 0.15) is 5.56 Å². The number of nitrogens with zero attached hydrogens (tertiary/aromatic N) is 3. The molecule has 0 unspecified atom stereocenters. The molecule has 0 fully saturated rings. The van der Waals surface area contributed by atoms with Gasteiger partial charge in [0.05, 0.1) is 6.20 Å². The fourth-order valence-electron chi connectivity index (χ4n) is 2.09. The van der Waals surface area contributed by atoms with Crippen molar-refractivity contribution in [3.05, 3.63) is 54.2 Å². The lowest BCUT2D eigenvalue weighted by Gasteiger charge is -2.08. The van der Waals surface area contributed by atoms with Crippen molar-refractivity contribution in [2.24, 2.45) is 0 Å². The normalized spacial score (nSPS) is 10.8. The van der Waals surface area contributed by atoms with Crippen LogP contribution in [0.3, 0.4) is 0 Å². The molecule has 3 N–H and O–H groups in total. The number of rotatable bonds is 4. The second-order valence-electron chi connectivity index (χ2n) is 4.44. The number of hydrogen-bond acceptors (Lipinski definition) is 4. The van der Waals surface area contributed by atoms with E-state index < -0.39 is 0 Å². The van der Waals surface area contributed by atoms with E-state index in [1.54, 1.807) is 35.1 Å². The Morgan fingerprint density at radius 1 is 1.30 bits per heavy atom. The summed E-state index contributed by atoms with van der Waals surface area (Å²) in [5, 5.41) is 3.15. The van der Waals surface area contributed by atoms with E-state index in [0.29, 0.717) is 35.8 Å². The van der Waals surface area contributed by atoms with Crippen molar-refractivity contribution in [3.8, 4) is 0 Å². The minimum absolute atomic E-state index is 0.194. The number of imidazole rings is 1. The summed E-state index contributed by atoms with van der Waals surface area (Å²) in [5.74, 6) is 0.816. The molecule has 0 aliphatic heterocycles. The highest BCUT2D eigenvalue weighted by Gasteiger charge is 2.06. The summed E-state index contributed by atoms with van der Waals surface area (Å²) in [5.41, 5.74) is 7.10. The molecule has 0 spiro atoms. The van der Waals surface area contributed by atoms with Gasteiger partial charge >= 0.3 is 0 Å². The van der Waals surface area contributed by atoms with Crippen LogP contribution >= 0.6 is 0 Å². The lowest BCUT2D eigenvalue weighted by molar-refractivity contribution is 0.610. The molecule has 0 radical (unpaired) electrons. The number of nitrogens with one attached hydrogen (secondary N) is 1. The number of anilines is 2. The summed E-state index contributed by atoms with van der Waals surface area (Å²) in [6.07, 6.45) is 5.74. The van der Waals surface area contributed by atoms with Gasteiger partial charge in [-0.05, 0) is 18.1 Å². The molecule has 0 aliphatic rings. The molecule has 6 heteroatoms. The number of hydrogen-bond donors (Lipinski definition) is 2. The highest BCUT2D eigenvalue weighted by molar-refractivity contribution is 5.64. The van der Waals surface area contributed by atoms with E-state index in [4.69, 9.17) is 5.73 Å². The maximum Gasteiger partial charge on any atom is 0.180 e. The van der Waals surface area contributed by atoms with Gasteiger partial charge in [0.15, 0.2) is 11.5 Å². The van der Waals surface area contributed by atoms with Crippen molar-refractivity contribution in [2.45, 2.75) is 6.42 Å². The summed E-state index contributed by atoms with van der Waals surface area (Å²) in [6.45, 7) is 0.555. The molecule has 0 saturated heterocycles. The number of halogens is 1. The molecule has 2 aromatic heterocycles. The van der Waals surface area contributed by atoms with E-state index in [9.17, 15) is 4.39 Å². The molecule has 20 heavy (non-hydrogen) atoms. The van der Waals surface area contributed by atoms with Crippen LogP contribution in [-0.2, 0) is 6.42 Å². The Kier molecular flexibility index (Phi) is 3.20. The van der Waals surface area contributed by atoms with Gasteiger partial charge in [-0.3, -0.25) is 0 Å². The van der Waals surface area contributed by atoms with Crippen LogP contribution < -0.4 is 11.1 Å². The van der Waals surface area contributed by atoms with Crippen LogP contribution in [0.15, 0.2) is 42.9 Å². The fraction of sp³-hybridized carbons (Fsp3) is 0.143. The smallest absolute Gasteiger partial charge is 0.180 e. The van der Waals surface area contributed by atoms with Crippen LogP contribution in [0.2, 0.25) is 0 Å². The zero-order chi connectivity index (χ0) is 13.9. The van der Waals surface area contributed by atoms with Crippen LogP contribution in [0.25, 0.3) is 5.65 Å². The zero-order valence-corrected chi connectivity index (χ0v) is 10.8. The Labute approximate surface area is 115 Å². The molecule has 5 nitrogen and oxygen atoms in total. The van der Waals surface area contributed by atoms with Crippen LogP contribution in [0, 0.1) is 5.82 Å². The average molecular weight is 271 g/mol. The van der Waals surface area contributed by atoms with Crippen molar-refractivity contribution in [1.29, 1.82) is 0 Å². The molecule has 0 atom stereocenters. The van der Waals surface area contributed by atoms with Crippen molar-refractivity contribution in [1.82, 2.24) is 14.4 Å². The van der Waals surface area contributed by atoms with E-state index in [1.165, 1.54) is 6.07 Å². The quantitative estimate of drug-likeness (QED) is 0.762. The first-order valence-corrected chi connectivity index (χ1v) is 6.30. The Morgan fingerprint density at radius 3 is 3.00 bits per heavy atom. The van der Waals surface area contributed by atoms with E-state index in [2.05, 4.69) is 15.3 Å². The second-order valence-corrected chi connectivity index (χ2v) is 4.44. The maximum atomic E-state index is 13.5.